The van der Waals surface area contributed by atoms with Crippen molar-refractivity contribution in [2.45, 2.75) is 30.6 Å². The summed E-state index contributed by atoms with van der Waals surface area (Å²) in [4.78, 5) is 1.01. The number of hydrogen-bond donors (Lipinski definition) is 1. The summed E-state index contributed by atoms with van der Waals surface area (Å²) in [6.45, 7) is 8.27. The third-order valence-corrected chi connectivity index (χ3v) is 3.78. The first kappa shape index (κ1) is 12.2. The Labute approximate surface area is 91.4 Å². The van der Waals surface area contributed by atoms with E-state index in [9.17, 15) is 8.42 Å². The van der Waals surface area contributed by atoms with Gasteiger partial charge in [0.25, 0.3) is 0 Å². The number of fused-ring (bicyclic) bond motifs is 1. The Balaban J connectivity index is 0.000000195. The molecule has 0 radical (unpaired) electrons. The average Bonchev–Trinajstić information content (AvgIpc) is 2.71. The summed E-state index contributed by atoms with van der Waals surface area (Å²) >= 11 is 0. The molecular weight excluding hydrogens is 210 g/mol. The summed E-state index contributed by atoms with van der Waals surface area (Å²) in [5.41, 5.74) is 1.000. The van der Waals surface area contributed by atoms with Gasteiger partial charge in [-0.25, -0.2) is 8.42 Å². The van der Waals surface area contributed by atoms with Gasteiger partial charge in [-0.1, -0.05) is 19.9 Å². The van der Waals surface area contributed by atoms with Crippen molar-refractivity contribution in [3.05, 3.63) is 23.8 Å². The van der Waals surface area contributed by atoms with Crippen LogP contribution in [-0.4, -0.2) is 21.5 Å². The lowest BCUT2D eigenvalue weighted by Crippen LogP contribution is -2.09. The summed E-state index contributed by atoms with van der Waals surface area (Å²) in [5, 5.41) is 3.11. The van der Waals surface area contributed by atoms with Crippen LogP contribution in [0.3, 0.4) is 0 Å². The van der Waals surface area contributed by atoms with Crippen LogP contribution in [0, 0.1) is 6.92 Å². The molecule has 84 valence electrons. The molecule has 0 bridgehead atoms. The number of hydrogen-bond acceptors (Lipinski definition) is 3. The normalized spacial score (nSPS) is 14.9. The van der Waals surface area contributed by atoms with Gasteiger partial charge in [0.15, 0.2) is 0 Å². The molecule has 2 rings (SSSR count). The van der Waals surface area contributed by atoms with E-state index in [1.807, 2.05) is 13.0 Å². The maximum atomic E-state index is 10.9. The van der Waals surface area contributed by atoms with Crippen molar-refractivity contribution in [3.8, 4) is 0 Å². The fourth-order valence-electron chi connectivity index (χ4n) is 1.26. The zero-order valence-corrected chi connectivity index (χ0v) is 10.2. The van der Waals surface area contributed by atoms with Crippen LogP contribution in [0.15, 0.2) is 28.0 Å². The molecule has 1 heterocycles. The molecule has 1 aliphatic heterocycles. The Morgan fingerprint density at radius 1 is 1.13 bits per heavy atom. The molecule has 1 aromatic carbocycles. The van der Waals surface area contributed by atoms with Crippen LogP contribution in [0.1, 0.15) is 19.4 Å². The Morgan fingerprint density at radius 3 is 2.07 bits per heavy atom. The number of sulfone groups is 1. The number of benzene rings is 1. The number of rotatable bonds is 2. The molecule has 0 atom stereocenters. The van der Waals surface area contributed by atoms with Crippen LogP contribution in [-0.2, 0) is 9.84 Å². The molecule has 3 nitrogen and oxygen atoms in total. The summed E-state index contributed by atoms with van der Waals surface area (Å²) in [6.07, 6.45) is 0. The summed E-state index contributed by atoms with van der Waals surface area (Å²) in [5.74, 6) is 0. The van der Waals surface area contributed by atoms with Gasteiger partial charge in [-0.15, -0.1) is 0 Å². The summed E-state index contributed by atoms with van der Waals surface area (Å²) < 4.78 is 21.8. The molecule has 0 aliphatic carbocycles. The van der Waals surface area contributed by atoms with E-state index >= 15 is 0 Å². The second-order valence-corrected chi connectivity index (χ2v) is 5.30. The van der Waals surface area contributed by atoms with Gasteiger partial charge in [-0.3, -0.25) is 0 Å². The van der Waals surface area contributed by atoms with Gasteiger partial charge in [-0.2, -0.15) is 0 Å². The van der Waals surface area contributed by atoms with Crippen LogP contribution in [0.25, 0.3) is 0 Å². The second-order valence-electron chi connectivity index (χ2n) is 3.41. The van der Waals surface area contributed by atoms with Gasteiger partial charge in [0, 0.05) is 0 Å². The standard InChI is InChI=1S/C7H6O2S.C4H11N/c1-5-2-3-6-7(4-5)10(6,8)9;1-3-5-4-2/h2-4H,1H3;5H,3-4H2,1-2H3. The zero-order valence-electron chi connectivity index (χ0n) is 9.37. The summed E-state index contributed by atoms with van der Waals surface area (Å²) in [6, 6.07) is 5.16. The predicted molar refractivity (Wildman–Crippen MR) is 60.8 cm³/mol. The van der Waals surface area contributed by atoms with Crippen LogP contribution < -0.4 is 5.32 Å². The second kappa shape index (κ2) is 4.77. The van der Waals surface area contributed by atoms with Crippen molar-refractivity contribution >= 4 is 9.84 Å². The topological polar surface area (TPSA) is 46.2 Å². The molecule has 1 aromatic rings. The fraction of sp³-hybridized carbons (Fsp3) is 0.455. The smallest absolute Gasteiger partial charge is 0.209 e. The molecule has 15 heavy (non-hydrogen) atoms. The molecule has 1 aliphatic rings. The molecule has 0 spiro atoms. The lowest BCUT2D eigenvalue weighted by molar-refractivity contribution is 0.612. The first-order chi connectivity index (χ1) is 7.04. The van der Waals surface area contributed by atoms with Crippen molar-refractivity contribution in [1.82, 2.24) is 5.32 Å². The van der Waals surface area contributed by atoms with Gasteiger partial charge >= 0.3 is 0 Å². The molecule has 4 heteroatoms. The van der Waals surface area contributed by atoms with Crippen LogP contribution in [0.4, 0.5) is 0 Å². The molecule has 0 fully saturated rings. The van der Waals surface area contributed by atoms with Crippen molar-refractivity contribution in [1.29, 1.82) is 0 Å². The van der Waals surface area contributed by atoms with Gasteiger partial charge < -0.3 is 5.32 Å². The SMILES string of the molecule is CCNCC.Cc1ccc2c(c1)S2(=O)=O. The average molecular weight is 227 g/mol. The van der Waals surface area contributed by atoms with Crippen LogP contribution >= 0.6 is 0 Å². The van der Waals surface area contributed by atoms with Crippen molar-refractivity contribution in [3.63, 3.8) is 0 Å². The largest absolute Gasteiger partial charge is 0.317 e. The van der Waals surface area contributed by atoms with Crippen LogP contribution in [0.5, 0.6) is 0 Å². The Bertz CT molecular complexity index is 436. The van der Waals surface area contributed by atoms with E-state index in [1.165, 1.54) is 0 Å². The van der Waals surface area contributed by atoms with Crippen molar-refractivity contribution in [2.75, 3.05) is 13.1 Å². The minimum atomic E-state index is -2.90. The minimum absolute atomic E-state index is 0.498. The Hall–Kier alpha value is -0.870. The van der Waals surface area contributed by atoms with E-state index in [2.05, 4.69) is 19.2 Å². The first-order valence-corrected chi connectivity index (χ1v) is 6.58. The van der Waals surface area contributed by atoms with Gasteiger partial charge in [0.05, 0.1) is 9.79 Å². The highest BCUT2D eigenvalue weighted by Gasteiger charge is 2.38. The van der Waals surface area contributed by atoms with Crippen molar-refractivity contribution in [2.24, 2.45) is 0 Å². The highest BCUT2D eigenvalue weighted by molar-refractivity contribution is 7.97. The van der Waals surface area contributed by atoms with Gasteiger partial charge in [0.2, 0.25) is 9.84 Å². The lowest BCUT2D eigenvalue weighted by atomic mass is 10.2. The highest BCUT2D eigenvalue weighted by atomic mass is 32.2. The molecule has 0 unspecified atom stereocenters. The van der Waals surface area contributed by atoms with Gasteiger partial charge in [-0.05, 0) is 37.7 Å². The first-order valence-electron chi connectivity index (χ1n) is 5.10. The van der Waals surface area contributed by atoms with E-state index in [-0.39, 0.29) is 0 Å². The van der Waals surface area contributed by atoms with E-state index in [1.54, 1.807) is 12.1 Å². The van der Waals surface area contributed by atoms with E-state index in [0.717, 1.165) is 18.7 Å². The molecule has 0 amide bonds. The zero-order chi connectivity index (χ0) is 11.5. The number of aryl methyl sites for hydroxylation is 1. The predicted octanol–water partition coefficient (Wildman–Crippen LogP) is 1.76. The minimum Gasteiger partial charge on any atom is -0.317 e. The maximum absolute atomic E-state index is 10.9. The van der Waals surface area contributed by atoms with E-state index in [0.29, 0.717) is 9.79 Å². The lowest BCUT2D eigenvalue weighted by Gasteiger charge is -1.86. The highest BCUT2D eigenvalue weighted by Crippen LogP contribution is 2.39. The summed E-state index contributed by atoms with van der Waals surface area (Å²) in [7, 11) is -2.90. The molecule has 0 saturated heterocycles. The Kier molecular flexibility index (Phi) is 3.88. The third-order valence-electron chi connectivity index (χ3n) is 2.14. The molecule has 0 saturated carbocycles. The monoisotopic (exact) mass is 227 g/mol. The Morgan fingerprint density at radius 2 is 1.73 bits per heavy atom. The number of nitrogens with one attached hydrogen (secondary N) is 1. The maximum Gasteiger partial charge on any atom is 0.209 e. The fourth-order valence-corrected chi connectivity index (χ4v) is 2.62. The molecule has 1 N–H and O–H groups in total. The van der Waals surface area contributed by atoms with E-state index in [4.69, 9.17) is 0 Å². The third kappa shape index (κ3) is 2.79. The molecule has 0 aromatic heterocycles. The van der Waals surface area contributed by atoms with Crippen LogP contribution in [0.2, 0.25) is 0 Å². The quantitative estimate of drug-likeness (QED) is 0.795. The molecular formula is C11H17NO2S. The van der Waals surface area contributed by atoms with Gasteiger partial charge in [0.1, 0.15) is 0 Å². The van der Waals surface area contributed by atoms with Crippen molar-refractivity contribution < 1.29 is 8.42 Å². The van der Waals surface area contributed by atoms with E-state index < -0.39 is 9.84 Å².